The van der Waals surface area contributed by atoms with Gasteiger partial charge in [0.1, 0.15) is 16.9 Å². The lowest BCUT2D eigenvalue weighted by Crippen LogP contribution is -2.46. The Kier molecular flexibility index (Phi) is 2.25. The van der Waals surface area contributed by atoms with Crippen molar-refractivity contribution in [3.8, 4) is 5.75 Å². The van der Waals surface area contributed by atoms with E-state index in [9.17, 15) is 9.90 Å². The number of fused-ring (bicyclic) bond motifs is 2. The maximum absolute atomic E-state index is 11.2. The number of hydrogen-bond acceptors (Lipinski definition) is 4. The van der Waals surface area contributed by atoms with E-state index in [-0.39, 0.29) is 5.63 Å². The molecule has 4 heteroatoms. The fraction of sp³-hybridized carbons (Fsp3) is 0.357. The zero-order chi connectivity index (χ0) is 12.9. The molecule has 1 aliphatic rings. The summed E-state index contributed by atoms with van der Waals surface area (Å²) in [6, 6.07) is 6.72. The molecule has 0 bridgehead atoms. The number of aliphatic hydroxyl groups excluding tert-OH is 1. The normalized spacial score (nSPS) is 21.4. The van der Waals surface area contributed by atoms with Gasteiger partial charge in [-0.2, -0.15) is 0 Å². The van der Waals surface area contributed by atoms with Crippen LogP contribution < -0.4 is 10.4 Å². The Labute approximate surface area is 104 Å². The van der Waals surface area contributed by atoms with Gasteiger partial charge in [-0.15, -0.1) is 0 Å². The molecule has 0 fully saturated rings. The molecule has 94 valence electrons. The molecule has 2 aromatic rings. The van der Waals surface area contributed by atoms with Gasteiger partial charge in [-0.05, 0) is 31.5 Å². The highest BCUT2D eigenvalue weighted by Crippen LogP contribution is 2.35. The Balaban J connectivity index is 2.20. The van der Waals surface area contributed by atoms with E-state index >= 15 is 0 Å². The first kappa shape index (κ1) is 11.3. The summed E-state index contributed by atoms with van der Waals surface area (Å²) in [7, 11) is 0. The molecule has 0 radical (unpaired) electrons. The third-order valence-corrected chi connectivity index (χ3v) is 3.39. The van der Waals surface area contributed by atoms with Crippen molar-refractivity contribution < 1.29 is 14.3 Å². The molecule has 1 N–H and O–H groups in total. The molecule has 2 heterocycles. The predicted molar refractivity (Wildman–Crippen MR) is 66.9 cm³/mol. The second-order valence-electron chi connectivity index (χ2n) is 5.18. The Bertz CT molecular complexity index is 669. The summed E-state index contributed by atoms with van der Waals surface area (Å²) in [4.78, 5) is 11.2. The molecule has 0 aliphatic carbocycles. The molecule has 1 atom stereocenters. The summed E-state index contributed by atoms with van der Waals surface area (Å²) in [5, 5.41) is 10.8. The van der Waals surface area contributed by atoms with Crippen LogP contribution in [0.15, 0.2) is 33.5 Å². The first-order chi connectivity index (χ1) is 8.45. The van der Waals surface area contributed by atoms with Gasteiger partial charge < -0.3 is 14.3 Å². The zero-order valence-corrected chi connectivity index (χ0v) is 10.3. The number of ether oxygens (including phenoxy) is 1. The maximum atomic E-state index is 11.2. The van der Waals surface area contributed by atoms with E-state index in [0.29, 0.717) is 17.8 Å². The number of benzene rings is 1. The highest BCUT2D eigenvalue weighted by molar-refractivity contribution is 5.79. The standard InChI is InChI=1S/C14H14O4/c1-14(2)12(15)6-9-5-8-3-4-13(16)17-10(8)7-11(9)18-14/h3-5,7,12,15H,6H2,1-2H3. The second kappa shape index (κ2) is 3.59. The molecule has 0 saturated heterocycles. The molecular formula is C14H14O4. The fourth-order valence-electron chi connectivity index (χ4n) is 2.20. The molecule has 1 unspecified atom stereocenters. The zero-order valence-electron chi connectivity index (χ0n) is 10.3. The number of hydrogen-bond donors (Lipinski definition) is 1. The summed E-state index contributed by atoms with van der Waals surface area (Å²) >= 11 is 0. The van der Waals surface area contributed by atoms with Crippen LogP contribution in [0.3, 0.4) is 0 Å². The first-order valence-corrected chi connectivity index (χ1v) is 5.89. The number of rotatable bonds is 0. The van der Waals surface area contributed by atoms with Gasteiger partial charge in [-0.3, -0.25) is 0 Å². The van der Waals surface area contributed by atoms with Crippen LogP contribution in [-0.4, -0.2) is 16.8 Å². The van der Waals surface area contributed by atoms with Crippen molar-refractivity contribution in [3.05, 3.63) is 40.2 Å². The van der Waals surface area contributed by atoms with E-state index in [4.69, 9.17) is 9.15 Å². The summed E-state index contributed by atoms with van der Waals surface area (Å²) in [6.07, 6.45) is -0.00427. The second-order valence-corrected chi connectivity index (χ2v) is 5.18. The van der Waals surface area contributed by atoms with Gasteiger partial charge in [0.2, 0.25) is 0 Å². The van der Waals surface area contributed by atoms with Crippen LogP contribution in [0.4, 0.5) is 0 Å². The van der Waals surface area contributed by atoms with Crippen molar-refractivity contribution >= 4 is 11.0 Å². The first-order valence-electron chi connectivity index (χ1n) is 5.89. The molecule has 1 aromatic heterocycles. The van der Waals surface area contributed by atoms with Crippen molar-refractivity contribution in [1.29, 1.82) is 0 Å². The van der Waals surface area contributed by atoms with Crippen LogP contribution in [0.1, 0.15) is 19.4 Å². The minimum absolute atomic E-state index is 0.377. The molecule has 4 nitrogen and oxygen atoms in total. The third kappa shape index (κ3) is 1.69. The summed E-state index contributed by atoms with van der Waals surface area (Å²) < 4.78 is 10.9. The average molecular weight is 246 g/mol. The van der Waals surface area contributed by atoms with Crippen LogP contribution in [0, 0.1) is 0 Å². The van der Waals surface area contributed by atoms with Crippen molar-refractivity contribution in [2.45, 2.75) is 32.0 Å². The van der Waals surface area contributed by atoms with Gasteiger partial charge in [0, 0.05) is 23.9 Å². The van der Waals surface area contributed by atoms with E-state index in [1.807, 2.05) is 19.9 Å². The largest absolute Gasteiger partial charge is 0.485 e. The van der Waals surface area contributed by atoms with E-state index in [1.165, 1.54) is 6.07 Å². The Morgan fingerprint density at radius 1 is 1.33 bits per heavy atom. The Morgan fingerprint density at radius 3 is 2.89 bits per heavy atom. The average Bonchev–Trinajstić information content (AvgIpc) is 2.28. The van der Waals surface area contributed by atoms with Gasteiger partial charge in [-0.25, -0.2) is 4.79 Å². The molecule has 18 heavy (non-hydrogen) atoms. The van der Waals surface area contributed by atoms with Crippen LogP contribution in [0.5, 0.6) is 5.75 Å². The molecule has 3 rings (SSSR count). The van der Waals surface area contributed by atoms with E-state index in [2.05, 4.69) is 0 Å². The monoisotopic (exact) mass is 246 g/mol. The molecule has 1 aliphatic heterocycles. The lowest BCUT2D eigenvalue weighted by atomic mass is 9.90. The van der Waals surface area contributed by atoms with Gasteiger partial charge in [0.15, 0.2) is 0 Å². The van der Waals surface area contributed by atoms with Crippen LogP contribution >= 0.6 is 0 Å². The topological polar surface area (TPSA) is 59.7 Å². The molecule has 1 aromatic carbocycles. The van der Waals surface area contributed by atoms with Crippen molar-refractivity contribution in [2.75, 3.05) is 0 Å². The van der Waals surface area contributed by atoms with Crippen LogP contribution in [0.25, 0.3) is 11.0 Å². The molecule has 0 amide bonds. The number of aliphatic hydroxyl groups is 1. The Hall–Kier alpha value is -1.81. The van der Waals surface area contributed by atoms with Crippen molar-refractivity contribution in [1.82, 2.24) is 0 Å². The van der Waals surface area contributed by atoms with Gasteiger partial charge in [-0.1, -0.05) is 0 Å². The fourth-order valence-corrected chi connectivity index (χ4v) is 2.20. The minimum atomic E-state index is -0.629. The smallest absolute Gasteiger partial charge is 0.336 e. The lowest BCUT2D eigenvalue weighted by molar-refractivity contribution is -0.0410. The predicted octanol–water partition coefficient (Wildman–Crippen LogP) is 1.87. The molecular weight excluding hydrogens is 232 g/mol. The lowest BCUT2D eigenvalue weighted by Gasteiger charge is -2.37. The van der Waals surface area contributed by atoms with E-state index < -0.39 is 11.7 Å². The van der Waals surface area contributed by atoms with Crippen molar-refractivity contribution in [3.63, 3.8) is 0 Å². The Morgan fingerprint density at radius 2 is 2.11 bits per heavy atom. The highest BCUT2D eigenvalue weighted by atomic mass is 16.5. The van der Waals surface area contributed by atoms with Gasteiger partial charge >= 0.3 is 5.63 Å². The molecule has 0 saturated carbocycles. The van der Waals surface area contributed by atoms with Crippen LogP contribution in [0.2, 0.25) is 0 Å². The van der Waals surface area contributed by atoms with E-state index in [1.54, 1.807) is 12.1 Å². The summed E-state index contributed by atoms with van der Waals surface area (Å²) in [5.41, 5.74) is 0.435. The van der Waals surface area contributed by atoms with Gasteiger partial charge in [0.05, 0.1) is 6.10 Å². The summed E-state index contributed by atoms with van der Waals surface area (Å²) in [6.45, 7) is 3.68. The van der Waals surface area contributed by atoms with Gasteiger partial charge in [0.25, 0.3) is 0 Å². The van der Waals surface area contributed by atoms with E-state index in [0.717, 1.165) is 10.9 Å². The molecule has 0 spiro atoms. The summed E-state index contributed by atoms with van der Waals surface area (Å²) in [5.74, 6) is 0.673. The van der Waals surface area contributed by atoms with Crippen molar-refractivity contribution in [2.24, 2.45) is 0 Å². The van der Waals surface area contributed by atoms with Crippen LogP contribution in [-0.2, 0) is 6.42 Å². The SMILES string of the molecule is CC1(C)Oc2cc3oc(=O)ccc3cc2CC1O. The maximum Gasteiger partial charge on any atom is 0.336 e. The minimum Gasteiger partial charge on any atom is -0.485 e. The third-order valence-electron chi connectivity index (χ3n) is 3.39. The quantitative estimate of drug-likeness (QED) is 0.721. The highest BCUT2D eigenvalue weighted by Gasteiger charge is 2.35.